The van der Waals surface area contributed by atoms with Gasteiger partial charge >= 0.3 is 0 Å². The standard InChI is InChI=1S/C5H9NO2S/c1-6-5-2-3-9(7,8)4-5/h2-3,5-6H,4H2,1H3/t5-/m0/s1. The monoisotopic (exact) mass is 147 g/mol. The normalized spacial score (nSPS) is 31.0. The molecule has 0 saturated heterocycles. The Hall–Kier alpha value is -0.350. The Morgan fingerprint density at radius 3 is 2.56 bits per heavy atom. The first-order valence-corrected chi connectivity index (χ1v) is 4.44. The van der Waals surface area contributed by atoms with Gasteiger partial charge in [0.2, 0.25) is 0 Å². The molecule has 1 atom stereocenters. The minimum atomic E-state index is -2.85. The summed E-state index contributed by atoms with van der Waals surface area (Å²) in [5.41, 5.74) is 0. The number of hydrogen-bond acceptors (Lipinski definition) is 3. The fourth-order valence-electron chi connectivity index (χ4n) is 0.755. The van der Waals surface area contributed by atoms with Crippen LogP contribution in [0.1, 0.15) is 0 Å². The lowest BCUT2D eigenvalue weighted by molar-refractivity contribution is 0.600. The van der Waals surface area contributed by atoms with Gasteiger partial charge < -0.3 is 5.32 Å². The zero-order valence-electron chi connectivity index (χ0n) is 5.16. The topological polar surface area (TPSA) is 46.2 Å². The van der Waals surface area contributed by atoms with Crippen molar-refractivity contribution in [2.45, 2.75) is 6.04 Å². The second-order valence-electron chi connectivity index (χ2n) is 2.05. The van der Waals surface area contributed by atoms with Gasteiger partial charge in [0, 0.05) is 11.4 Å². The van der Waals surface area contributed by atoms with Gasteiger partial charge in [0.05, 0.1) is 5.75 Å². The van der Waals surface area contributed by atoms with Crippen molar-refractivity contribution < 1.29 is 8.42 Å². The van der Waals surface area contributed by atoms with Gasteiger partial charge in [0.25, 0.3) is 0 Å². The highest BCUT2D eigenvalue weighted by Crippen LogP contribution is 2.06. The van der Waals surface area contributed by atoms with E-state index in [2.05, 4.69) is 5.32 Å². The van der Waals surface area contributed by atoms with E-state index in [1.165, 1.54) is 5.41 Å². The Balaban J connectivity index is 2.72. The van der Waals surface area contributed by atoms with Gasteiger partial charge in [-0.1, -0.05) is 6.08 Å². The summed E-state index contributed by atoms with van der Waals surface area (Å²) in [6, 6.07) is 0.0231. The average molecular weight is 147 g/mol. The van der Waals surface area contributed by atoms with Crippen LogP contribution in [0.3, 0.4) is 0 Å². The van der Waals surface area contributed by atoms with Crippen molar-refractivity contribution >= 4 is 9.84 Å². The lowest BCUT2D eigenvalue weighted by Crippen LogP contribution is -2.25. The summed E-state index contributed by atoms with van der Waals surface area (Å²) >= 11 is 0. The Morgan fingerprint density at radius 2 is 2.33 bits per heavy atom. The Kier molecular flexibility index (Phi) is 1.59. The fraction of sp³-hybridized carbons (Fsp3) is 0.600. The number of sulfone groups is 1. The van der Waals surface area contributed by atoms with Crippen LogP contribution in [0.2, 0.25) is 0 Å². The zero-order valence-corrected chi connectivity index (χ0v) is 5.98. The zero-order chi connectivity index (χ0) is 6.91. The molecule has 0 amide bonds. The van der Waals surface area contributed by atoms with E-state index in [1.54, 1.807) is 13.1 Å². The van der Waals surface area contributed by atoms with E-state index in [-0.39, 0.29) is 11.8 Å². The molecule has 0 aliphatic carbocycles. The number of hydrogen-bond donors (Lipinski definition) is 1. The molecule has 0 aromatic heterocycles. The van der Waals surface area contributed by atoms with Crippen LogP contribution in [0.15, 0.2) is 11.5 Å². The molecule has 0 fully saturated rings. The first-order chi connectivity index (χ1) is 4.14. The molecule has 0 aromatic carbocycles. The molecule has 0 bridgehead atoms. The molecule has 1 aliphatic rings. The number of nitrogens with one attached hydrogen (secondary N) is 1. The summed E-state index contributed by atoms with van der Waals surface area (Å²) < 4.78 is 21.3. The molecule has 3 nitrogen and oxygen atoms in total. The third-order valence-electron chi connectivity index (χ3n) is 1.30. The second-order valence-corrected chi connectivity index (χ2v) is 3.98. The lowest BCUT2D eigenvalue weighted by atomic mass is 10.3. The first kappa shape index (κ1) is 6.77. The molecule has 0 spiro atoms. The quantitative estimate of drug-likeness (QED) is 0.544. The Morgan fingerprint density at radius 1 is 1.67 bits per heavy atom. The SMILES string of the molecule is CN[C@H]1C=CS(=O)(=O)C1. The lowest BCUT2D eigenvalue weighted by Gasteiger charge is -2.00. The van der Waals surface area contributed by atoms with Gasteiger partial charge in [-0.15, -0.1) is 0 Å². The Labute approximate surface area is 54.7 Å². The van der Waals surface area contributed by atoms with E-state index in [0.29, 0.717) is 0 Å². The molecule has 0 saturated carbocycles. The van der Waals surface area contributed by atoms with Gasteiger partial charge in [0.15, 0.2) is 9.84 Å². The van der Waals surface area contributed by atoms with Crippen molar-refractivity contribution in [3.05, 3.63) is 11.5 Å². The van der Waals surface area contributed by atoms with Gasteiger partial charge in [-0.2, -0.15) is 0 Å². The van der Waals surface area contributed by atoms with Crippen LogP contribution in [0.5, 0.6) is 0 Å². The molecule has 0 radical (unpaired) electrons. The molecular formula is C5H9NO2S. The summed E-state index contributed by atoms with van der Waals surface area (Å²) in [6.07, 6.45) is 1.66. The minimum Gasteiger partial charge on any atom is -0.313 e. The van der Waals surface area contributed by atoms with E-state index in [1.807, 2.05) is 0 Å². The maximum Gasteiger partial charge on any atom is 0.173 e. The predicted octanol–water partition coefficient (Wildman–Crippen LogP) is -0.483. The van der Waals surface area contributed by atoms with Gasteiger partial charge in [-0.05, 0) is 7.05 Å². The summed E-state index contributed by atoms with van der Waals surface area (Å²) in [6.45, 7) is 0. The maximum absolute atomic E-state index is 10.7. The largest absolute Gasteiger partial charge is 0.313 e. The van der Waals surface area contributed by atoms with Crippen LogP contribution < -0.4 is 5.32 Å². The molecule has 1 N–H and O–H groups in total. The fourth-order valence-corrected chi connectivity index (χ4v) is 2.07. The van der Waals surface area contributed by atoms with Crippen molar-refractivity contribution in [1.82, 2.24) is 5.32 Å². The summed E-state index contributed by atoms with van der Waals surface area (Å²) in [5, 5.41) is 4.11. The molecule has 1 rings (SSSR count). The molecule has 0 unspecified atom stereocenters. The van der Waals surface area contributed by atoms with E-state index < -0.39 is 9.84 Å². The average Bonchev–Trinajstić information content (AvgIpc) is 2.10. The van der Waals surface area contributed by atoms with Crippen LogP contribution >= 0.6 is 0 Å². The maximum atomic E-state index is 10.7. The summed E-state index contributed by atoms with van der Waals surface area (Å²) in [4.78, 5) is 0. The molecule has 9 heavy (non-hydrogen) atoms. The van der Waals surface area contributed by atoms with Gasteiger partial charge in [0.1, 0.15) is 0 Å². The van der Waals surface area contributed by atoms with E-state index >= 15 is 0 Å². The van der Waals surface area contributed by atoms with Crippen molar-refractivity contribution in [2.75, 3.05) is 12.8 Å². The highest BCUT2D eigenvalue weighted by atomic mass is 32.2. The molecular weight excluding hydrogens is 138 g/mol. The van der Waals surface area contributed by atoms with Crippen LogP contribution in [-0.4, -0.2) is 27.3 Å². The van der Waals surface area contributed by atoms with Crippen LogP contribution in [0.25, 0.3) is 0 Å². The highest BCUT2D eigenvalue weighted by Gasteiger charge is 2.19. The van der Waals surface area contributed by atoms with E-state index in [4.69, 9.17) is 0 Å². The molecule has 4 heteroatoms. The van der Waals surface area contributed by atoms with Crippen molar-refractivity contribution in [1.29, 1.82) is 0 Å². The predicted molar refractivity (Wildman–Crippen MR) is 35.8 cm³/mol. The highest BCUT2D eigenvalue weighted by molar-refractivity contribution is 7.94. The van der Waals surface area contributed by atoms with Gasteiger partial charge in [-0.3, -0.25) is 0 Å². The van der Waals surface area contributed by atoms with Crippen molar-refractivity contribution in [3.8, 4) is 0 Å². The van der Waals surface area contributed by atoms with Crippen molar-refractivity contribution in [2.24, 2.45) is 0 Å². The van der Waals surface area contributed by atoms with Gasteiger partial charge in [-0.25, -0.2) is 8.42 Å². The summed E-state index contributed by atoms with van der Waals surface area (Å²) in [7, 11) is -1.10. The smallest absolute Gasteiger partial charge is 0.173 e. The molecule has 52 valence electrons. The van der Waals surface area contributed by atoms with Crippen LogP contribution in [0, 0.1) is 0 Å². The van der Waals surface area contributed by atoms with Crippen LogP contribution in [-0.2, 0) is 9.84 Å². The minimum absolute atomic E-state index is 0.0231. The van der Waals surface area contributed by atoms with E-state index in [0.717, 1.165) is 0 Å². The Bertz CT molecular complexity index is 217. The molecule has 1 heterocycles. The molecule has 0 aromatic rings. The summed E-state index contributed by atoms with van der Waals surface area (Å²) in [5.74, 6) is 0.212. The second kappa shape index (κ2) is 2.11. The number of likely N-dealkylation sites (N-methyl/N-ethyl adjacent to an activating group) is 1. The molecule has 1 aliphatic heterocycles. The van der Waals surface area contributed by atoms with Crippen LogP contribution in [0.4, 0.5) is 0 Å². The first-order valence-electron chi connectivity index (χ1n) is 2.72. The van der Waals surface area contributed by atoms with Crippen molar-refractivity contribution in [3.63, 3.8) is 0 Å². The van der Waals surface area contributed by atoms with E-state index in [9.17, 15) is 8.42 Å². The third-order valence-corrected chi connectivity index (χ3v) is 2.70. The number of rotatable bonds is 1. The third kappa shape index (κ3) is 1.53.